The Morgan fingerprint density at radius 2 is 1.69 bits per heavy atom. The van der Waals surface area contributed by atoms with Crippen molar-refractivity contribution in [2.75, 3.05) is 26.9 Å². The number of rotatable bonds is 12. The smallest absolute Gasteiger partial charge is 0.305 e. The molecule has 184 valence electrons. The van der Waals surface area contributed by atoms with E-state index in [9.17, 15) is 9.59 Å². The number of methoxy groups -OCH3 is 1. The molecule has 32 heavy (non-hydrogen) atoms. The molecule has 3 fully saturated rings. The molecule has 0 radical (unpaired) electrons. The molecule has 0 bridgehead atoms. The molecule has 0 aromatic heterocycles. The van der Waals surface area contributed by atoms with Crippen molar-refractivity contribution in [1.29, 1.82) is 0 Å². The van der Waals surface area contributed by atoms with Crippen molar-refractivity contribution >= 4 is 11.9 Å². The molecule has 2 heterocycles. The lowest BCUT2D eigenvalue weighted by Gasteiger charge is -2.31. The second-order valence-corrected chi connectivity index (χ2v) is 9.12. The van der Waals surface area contributed by atoms with E-state index in [0.29, 0.717) is 26.1 Å². The largest absolute Gasteiger partial charge is 0.469 e. The maximum absolute atomic E-state index is 11.8. The molecular formula is C24H40O8. The van der Waals surface area contributed by atoms with Crippen molar-refractivity contribution in [3.8, 4) is 0 Å². The minimum Gasteiger partial charge on any atom is -0.469 e. The first kappa shape index (κ1) is 25.4. The van der Waals surface area contributed by atoms with E-state index in [-0.39, 0.29) is 48.6 Å². The van der Waals surface area contributed by atoms with Crippen LogP contribution in [-0.2, 0) is 38.0 Å². The van der Waals surface area contributed by atoms with Crippen molar-refractivity contribution in [1.82, 2.24) is 0 Å². The highest BCUT2D eigenvalue weighted by Crippen LogP contribution is 2.43. The molecule has 5 atom stereocenters. The molecule has 2 saturated heterocycles. The normalized spacial score (nSPS) is 31.0. The summed E-state index contributed by atoms with van der Waals surface area (Å²) in [5, 5.41) is 0. The summed E-state index contributed by atoms with van der Waals surface area (Å²) >= 11 is 0. The van der Waals surface area contributed by atoms with Crippen molar-refractivity contribution in [3.63, 3.8) is 0 Å². The molecule has 0 aromatic rings. The van der Waals surface area contributed by atoms with Crippen molar-refractivity contribution in [2.45, 2.75) is 102 Å². The van der Waals surface area contributed by atoms with Crippen LogP contribution in [0.1, 0.15) is 77.6 Å². The number of carbonyl (C=O) groups excluding carboxylic acids is 2. The van der Waals surface area contributed by atoms with Crippen LogP contribution in [0.4, 0.5) is 0 Å². The van der Waals surface area contributed by atoms with Gasteiger partial charge in [0.25, 0.3) is 0 Å². The van der Waals surface area contributed by atoms with Gasteiger partial charge in [0.2, 0.25) is 0 Å². The SMILES string of the molecule is COC(=O)CCCCCC[C@@H]1[C@@H](CC2OCCO2)[C@H](OC2CCCCO2)C[C@@H]1OC(C)=O. The first-order valence-corrected chi connectivity index (χ1v) is 12.3. The van der Waals surface area contributed by atoms with Gasteiger partial charge in [0.1, 0.15) is 6.10 Å². The van der Waals surface area contributed by atoms with Gasteiger partial charge in [-0.05, 0) is 38.0 Å². The zero-order chi connectivity index (χ0) is 22.8. The lowest BCUT2D eigenvalue weighted by Crippen LogP contribution is -2.33. The van der Waals surface area contributed by atoms with E-state index < -0.39 is 0 Å². The first-order valence-electron chi connectivity index (χ1n) is 12.3. The number of ether oxygens (including phenoxy) is 6. The zero-order valence-electron chi connectivity index (χ0n) is 19.6. The van der Waals surface area contributed by atoms with Gasteiger partial charge in [-0.3, -0.25) is 9.59 Å². The summed E-state index contributed by atoms with van der Waals surface area (Å²) in [5.74, 6) is -0.0269. The first-order chi connectivity index (χ1) is 15.6. The Kier molecular flexibility index (Phi) is 10.7. The van der Waals surface area contributed by atoms with Crippen molar-refractivity contribution in [2.24, 2.45) is 11.8 Å². The molecule has 2 aliphatic heterocycles. The average Bonchev–Trinajstić information content (AvgIpc) is 3.40. The summed E-state index contributed by atoms with van der Waals surface area (Å²) in [4.78, 5) is 23.1. The molecule has 8 nitrogen and oxygen atoms in total. The van der Waals surface area contributed by atoms with Crippen LogP contribution in [0.25, 0.3) is 0 Å². The van der Waals surface area contributed by atoms with Crippen molar-refractivity contribution < 1.29 is 38.0 Å². The fraction of sp³-hybridized carbons (Fsp3) is 0.917. The summed E-state index contributed by atoms with van der Waals surface area (Å²) < 4.78 is 34.2. The van der Waals surface area contributed by atoms with Crippen LogP contribution >= 0.6 is 0 Å². The molecule has 0 N–H and O–H groups in total. The third-order valence-electron chi connectivity index (χ3n) is 6.80. The Balaban J connectivity index is 1.59. The summed E-state index contributed by atoms with van der Waals surface area (Å²) in [6.07, 6.45) is 9.17. The highest BCUT2D eigenvalue weighted by atomic mass is 16.7. The van der Waals surface area contributed by atoms with Crippen molar-refractivity contribution in [3.05, 3.63) is 0 Å². The third kappa shape index (κ3) is 7.97. The molecular weight excluding hydrogens is 416 g/mol. The van der Waals surface area contributed by atoms with Gasteiger partial charge in [-0.1, -0.05) is 19.3 Å². The van der Waals surface area contributed by atoms with Gasteiger partial charge in [-0.15, -0.1) is 0 Å². The van der Waals surface area contributed by atoms with Gasteiger partial charge in [0.15, 0.2) is 12.6 Å². The molecule has 1 aliphatic carbocycles. The Morgan fingerprint density at radius 3 is 2.38 bits per heavy atom. The van der Waals surface area contributed by atoms with Gasteiger partial charge in [0.05, 0.1) is 26.4 Å². The quantitative estimate of drug-likeness (QED) is 0.324. The van der Waals surface area contributed by atoms with Crippen LogP contribution in [0.3, 0.4) is 0 Å². The van der Waals surface area contributed by atoms with E-state index in [2.05, 4.69) is 0 Å². The van der Waals surface area contributed by atoms with E-state index >= 15 is 0 Å². The zero-order valence-corrected chi connectivity index (χ0v) is 19.6. The summed E-state index contributed by atoms with van der Waals surface area (Å²) in [6.45, 7) is 3.44. The monoisotopic (exact) mass is 456 g/mol. The molecule has 0 aromatic carbocycles. The van der Waals surface area contributed by atoms with Crippen LogP contribution in [-0.4, -0.2) is 63.7 Å². The second kappa shape index (κ2) is 13.5. The van der Waals surface area contributed by atoms with E-state index in [0.717, 1.165) is 64.4 Å². The summed E-state index contributed by atoms with van der Waals surface area (Å²) in [5.41, 5.74) is 0. The van der Waals surface area contributed by atoms with E-state index in [1.54, 1.807) is 0 Å². The lowest BCUT2D eigenvalue weighted by molar-refractivity contribution is -0.200. The van der Waals surface area contributed by atoms with E-state index in [1.807, 2.05) is 0 Å². The Morgan fingerprint density at radius 1 is 0.906 bits per heavy atom. The minimum absolute atomic E-state index is 0.0421. The third-order valence-corrected chi connectivity index (χ3v) is 6.80. The van der Waals surface area contributed by atoms with Crippen LogP contribution in [0.15, 0.2) is 0 Å². The van der Waals surface area contributed by atoms with Gasteiger partial charge in [0, 0.05) is 38.7 Å². The van der Waals surface area contributed by atoms with Gasteiger partial charge < -0.3 is 28.4 Å². The Bertz CT molecular complexity index is 570. The highest BCUT2D eigenvalue weighted by Gasteiger charge is 2.47. The second-order valence-electron chi connectivity index (χ2n) is 9.12. The van der Waals surface area contributed by atoms with E-state index in [4.69, 9.17) is 28.4 Å². The van der Waals surface area contributed by atoms with Gasteiger partial charge in [-0.25, -0.2) is 0 Å². The minimum atomic E-state index is -0.250. The topological polar surface area (TPSA) is 89.5 Å². The molecule has 3 aliphatic rings. The molecule has 3 rings (SSSR count). The molecule has 0 amide bonds. The fourth-order valence-corrected chi connectivity index (χ4v) is 5.25. The predicted octanol–water partition coefficient (Wildman–Crippen LogP) is 3.74. The lowest BCUT2D eigenvalue weighted by atomic mass is 9.86. The molecule has 1 saturated carbocycles. The van der Waals surface area contributed by atoms with E-state index in [1.165, 1.54) is 14.0 Å². The molecule has 8 heteroatoms. The number of carbonyl (C=O) groups is 2. The maximum atomic E-state index is 11.8. The molecule has 1 unspecified atom stereocenters. The van der Waals surface area contributed by atoms with Crippen LogP contribution in [0, 0.1) is 11.8 Å². The van der Waals surface area contributed by atoms with Crippen LogP contribution < -0.4 is 0 Å². The average molecular weight is 457 g/mol. The number of hydrogen-bond acceptors (Lipinski definition) is 8. The summed E-state index contributed by atoms with van der Waals surface area (Å²) in [6, 6.07) is 0. The maximum Gasteiger partial charge on any atom is 0.305 e. The molecule has 0 spiro atoms. The van der Waals surface area contributed by atoms with Gasteiger partial charge in [-0.2, -0.15) is 0 Å². The Labute approximate surface area is 191 Å². The summed E-state index contributed by atoms with van der Waals surface area (Å²) in [7, 11) is 1.42. The number of unbranched alkanes of at least 4 members (excludes halogenated alkanes) is 3. The predicted molar refractivity (Wildman–Crippen MR) is 116 cm³/mol. The van der Waals surface area contributed by atoms with Crippen LogP contribution in [0.5, 0.6) is 0 Å². The fourth-order valence-electron chi connectivity index (χ4n) is 5.25. The standard InChI is InChI=1S/C24H40O8/c1-17(25)31-20-16-21(32-23-11-7-8-12-28-23)19(15-24-29-13-14-30-24)18(20)9-5-3-4-6-10-22(26)27-2/h18-21,23-24H,3-16H2,1-2H3/t18-,19-,20+,21-,23?/m1/s1. The van der Waals surface area contributed by atoms with Gasteiger partial charge >= 0.3 is 11.9 Å². The van der Waals surface area contributed by atoms with Crippen LogP contribution in [0.2, 0.25) is 0 Å². The Hall–Kier alpha value is -1.22. The highest BCUT2D eigenvalue weighted by molar-refractivity contribution is 5.69. The number of hydrogen-bond donors (Lipinski definition) is 0. The number of esters is 2.